The van der Waals surface area contributed by atoms with Crippen LogP contribution in [0.5, 0.6) is 5.75 Å². The fourth-order valence-electron chi connectivity index (χ4n) is 3.41. The minimum Gasteiger partial charge on any atom is -0.494 e. The van der Waals surface area contributed by atoms with Crippen LogP contribution in [0.15, 0.2) is 42.5 Å². The lowest BCUT2D eigenvalue weighted by Gasteiger charge is -2.10. The molecule has 0 fully saturated rings. The molecule has 3 N–H and O–H groups in total. The molecular formula is C21H25NO4. The lowest BCUT2D eigenvalue weighted by Crippen LogP contribution is -2.17. The van der Waals surface area contributed by atoms with E-state index in [1.54, 1.807) is 5.48 Å². The molecule has 0 spiro atoms. The lowest BCUT2D eigenvalue weighted by molar-refractivity contribution is -0.129. The van der Waals surface area contributed by atoms with E-state index in [1.165, 1.54) is 0 Å². The van der Waals surface area contributed by atoms with Gasteiger partial charge >= 0.3 is 0 Å². The number of nitrogens with one attached hydrogen (secondary N) is 1. The highest BCUT2D eigenvalue weighted by Crippen LogP contribution is 2.44. The molecule has 2 aromatic carbocycles. The summed E-state index contributed by atoms with van der Waals surface area (Å²) >= 11 is 0. The molecule has 1 amide bonds. The third-order valence-corrected chi connectivity index (χ3v) is 4.80. The number of ether oxygens (including phenoxy) is 1. The van der Waals surface area contributed by atoms with Crippen molar-refractivity contribution < 1.29 is 19.8 Å². The molecule has 0 aromatic heterocycles. The van der Waals surface area contributed by atoms with E-state index < -0.39 is 6.10 Å². The number of hydrogen-bond acceptors (Lipinski definition) is 4. The fraction of sp³-hybridized carbons (Fsp3) is 0.381. The van der Waals surface area contributed by atoms with Crippen molar-refractivity contribution in [1.82, 2.24) is 5.48 Å². The summed E-state index contributed by atoms with van der Waals surface area (Å²) in [6.45, 7) is 0.638. The number of carbonyl (C=O) groups excluding carboxylic acids is 1. The molecule has 2 aromatic rings. The number of carbonyl (C=O) groups is 1. The van der Waals surface area contributed by atoms with Gasteiger partial charge < -0.3 is 9.84 Å². The van der Waals surface area contributed by atoms with Crippen LogP contribution >= 0.6 is 0 Å². The summed E-state index contributed by atoms with van der Waals surface area (Å²) < 4.78 is 5.83. The summed E-state index contributed by atoms with van der Waals surface area (Å²) in [5.41, 5.74) is 5.68. The molecule has 0 bridgehead atoms. The van der Waals surface area contributed by atoms with Gasteiger partial charge in [0.15, 0.2) is 0 Å². The van der Waals surface area contributed by atoms with Crippen molar-refractivity contribution in [2.45, 2.75) is 44.6 Å². The number of aliphatic hydroxyl groups excluding tert-OH is 1. The first kappa shape index (κ1) is 18.4. The lowest BCUT2D eigenvalue weighted by atomic mass is 10.1. The van der Waals surface area contributed by atoms with Crippen LogP contribution in [0.3, 0.4) is 0 Å². The van der Waals surface area contributed by atoms with Crippen molar-refractivity contribution in [3.63, 3.8) is 0 Å². The van der Waals surface area contributed by atoms with Gasteiger partial charge in [0.2, 0.25) is 5.91 Å². The van der Waals surface area contributed by atoms with E-state index in [4.69, 9.17) is 9.94 Å². The van der Waals surface area contributed by atoms with Crippen LogP contribution in [0.25, 0.3) is 11.1 Å². The Morgan fingerprint density at radius 2 is 1.69 bits per heavy atom. The molecule has 0 saturated carbocycles. The Labute approximate surface area is 153 Å². The number of fused-ring (bicyclic) bond motifs is 3. The molecule has 3 rings (SSSR count). The number of unbranched alkanes of at least 4 members (excludes halogenated alkanes) is 4. The zero-order chi connectivity index (χ0) is 18.4. The first-order valence-corrected chi connectivity index (χ1v) is 9.18. The molecule has 1 atom stereocenters. The Kier molecular flexibility index (Phi) is 6.26. The predicted molar refractivity (Wildman–Crippen MR) is 99.1 cm³/mol. The zero-order valence-electron chi connectivity index (χ0n) is 14.8. The van der Waals surface area contributed by atoms with Crippen molar-refractivity contribution in [3.8, 4) is 16.9 Å². The number of hydrogen-bond donors (Lipinski definition) is 3. The maximum Gasteiger partial charge on any atom is 0.243 e. The second-order valence-corrected chi connectivity index (χ2v) is 6.64. The number of benzene rings is 2. The van der Waals surface area contributed by atoms with Gasteiger partial charge in [0.05, 0.1) is 6.61 Å². The Bertz CT molecular complexity index is 759. The fourth-order valence-corrected chi connectivity index (χ4v) is 3.41. The number of aliphatic hydroxyl groups is 1. The van der Waals surface area contributed by atoms with Gasteiger partial charge in [-0.25, -0.2) is 5.48 Å². The molecule has 1 unspecified atom stereocenters. The zero-order valence-corrected chi connectivity index (χ0v) is 14.8. The van der Waals surface area contributed by atoms with Crippen molar-refractivity contribution >= 4 is 5.91 Å². The smallest absolute Gasteiger partial charge is 0.243 e. The van der Waals surface area contributed by atoms with Gasteiger partial charge in [-0.05, 0) is 47.2 Å². The first-order valence-electron chi connectivity index (χ1n) is 9.18. The molecule has 0 heterocycles. The van der Waals surface area contributed by atoms with E-state index in [1.807, 2.05) is 42.5 Å². The van der Waals surface area contributed by atoms with Crippen LogP contribution < -0.4 is 10.2 Å². The number of hydroxylamine groups is 1. The van der Waals surface area contributed by atoms with Crippen LogP contribution in [0.2, 0.25) is 0 Å². The van der Waals surface area contributed by atoms with E-state index >= 15 is 0 Å². The first-order chi connectivity index (χ1) is 12.7. The maximum atomic E-state index is 10.9. The van der Waals surface area contributed by atoms with E-state index in [0.29, 0.717) is 13.0 Å². The Morgan fingerprint density at radius 1 is 0.962 bits per heavy atom. The van der Waals surface area contributed by atoms with Crippen molar-refractivity contribution in [3.05, 3.63) is 53.6 Å². The number of rotatable bonds is 9. The average molecular weight is 355 g/mol. The van der Waals surface area contributed by atoms with Gasteiger partial charge in [0, 0.05) is 6.42 Å². The summed E-state index contributed by atoms with van der Waals surface area (Å²) in [5, 5.41) is 18.9. The van der Waals surface area contributed by atoms with E-state index in [-0.39, 0.29) is 5.91 Å². The highest BCUT2D eigenvalue weighted by Gasteiger charge is 2.26. The maximum absolute atomic E-state index is 10.9. The summed E-state index contributed by atoms with van der Waals surface area (Å²) in [4.78, 5) is 10.9. The monoisotopic (exact) mass is 355 g/mol. The van der Waals surface area contributed by atoms with Gasteiger partial charge in [0.25, 0.3) is 0 Å². The summed E-state index contributed by atoms with van der Waals surface area (Å²) in [5.74, 6) is 0.463. The van der Waals surface area contributed by atoms with Crippen LogP contribution in [0.1, 0.15) is 55.8 Å². The number of amides is 1. The molecule has 5 heteroatoms. The van der Waals surface area contributed by atoms with Gasteiger partial charge in [0.1, 0.15) is 11.9 Å². The Morgan fingerprint density at radius 3 is 2.54 bits per heavy atom. The van der Waals surface area contributed by atoms with Crippen LogP contribution in [-0.4, -0.2) is 22.8 Å². The molecule has 26 heavy (non-hydrogen) atoms. The van der Waals surface area contributed by atoms with Crippen molar-refractivity contribution in [2.24, 2.45) is 0 Å². The molecule has 138 valence electrons. The highest BCUT2D eigenvalue weighted by atomic mass is 16.5. The minimum atomic E-state index is -0.583. The topological polar surface area (TPSA) is 78.8 Å². The molecule has 5 nitrogen and oxygen atoms in total. The van der Waals surface area contributed by atoms with E-state index in [0.717, 1.165) is 60.1 Å². The third kappa shape index (κ3) is 4.23. The third-order valence-electron chi connectivity index (χ3n) is 4.80. The SMILES string of the molecule is O=C(CCCCCCCOc1ccc2c(c1)C(O)c1ccccc1-2)NO. The van der Waals surface area contributed by atoms with Crippen LogP contribution in [0.4, 0.5) is 0 Å². The van der Waals surface area contributed by atoms with E-state index in [2.05, 4.69) is 0 Å². The molecule has 0 aliphatic heterocycles. The predicted octanol–water partition coefficient (Wildman–Crippen LogP) is 3.97. The Balaban J connectivity index is 1.41. The second-order valence-electron chi connectivity index (χ2n) is 6.64. The van der Waals surface area contributed by atoms with Gasteiger partial charge in [-0.2, -0.15) is 0 Å². The van der Waals surface area contributed by atoms with Crippen molar-refractivity contribution in [2.75, 3.05) is 6.61 Å². The molecule has 1 aliphatic carbocycles. The standard InChI is InChI=1S/C21H25NO4/c23-20(22-25)10-4-2-1-3-7-13-26-15-11-12-17-16-8-5-6-9-18(16)21(24)19(17)14-15/h5-6,8-9,11-12,14,21,24-25H,1-4,7,10,13H2,(H,22,23). The summed E-state index contributed by atoms with van der Waals surface area (Å²) in [6.07, 6.45) is 4.58. The Hall–Kier alpha value is -2.37. The quantitative estimate of drug-likeness (QED) is 0.361. The molecule has 0 saturated heterocycles. The minimum absolute atomic E-state index is 0.325. The average Bonchev–Trinajstić information content (AvgIpc) is 2.96. The van der Waals surface area contributed by atoms with Crippen LogP contribution in [-0.2, 0) is 4.79 Å². The summed E-state index contributed by atoms with van der Waals surface area (Å²) in [6, 6.07) is 13.9. The highest BCUT2D eigenvalue weighted by molar-refractivity contribution is 5.78. The molecular weight excluding hydrogens is 330 g/mol. The normalized spacial score (nSPS) is 14.6. The van der Waals surface area contributed by atoms with Gasteiger partial charge in [-0.15, -0.1) is 0 Å². The van der Waals surface area contributed by atoms with Crippen LogP contribution in [0, 0.1) is 0 Å². The van der Waals surface area contributed by atoms with E-state index in [9.17, 15) is 9.90 Å². The van der Waals surface area contributed by atoms with Crippen molar-refractivity contribution in [1.29, 1.82) is 0 Å². The summed E-state index contributed by atoms with van der Waals surface area (Å²) in [7, 11) is 0. The van der Waals surface area contributed by atoms with Gasteiger partial charge in [-0.1, -0.05) is 49.6 Å². The largest absolute Gasteiger partial charge is 0.494 e. The molecule has 0 radical (unpaired) electrons. The van der Waals surface area contributed by atoms with Gasteiger partial charge in [-0.3, -0.25) is 10.0 Å². The second kappa shape index (κ2) is 8.83. The molecule has 1 aliphatic rings.